The van der Waals surface area contributed by atoms with Crippen LogP contribution in [-0.4, -0.2) is 13.1 Å². The second kappa shape index (κ2) is 6.23. The van der Waals surface area contributed by atoms with Crippen molar-refractivity contribution in [3.05, 3.63) is 71.5 Å². The molecule has 3 rings (SSSR count). The Kier molecular flexibility index (Phi) is 4.12. The number of carbonyl (C=O) groups excluding carboxylic acids is 1. The molecule has 0 aromatic heterocycles. The van der Waals surface area contributed by atoms with Crippen LogP contribution >= 0.6 is 0 Å². The Morgan fingerprint density at radius 1 is 0.917 bits per heavy atom. The van der Waals surface area contributed by atoms with Crippen molar-refractivity contribution in [2.45, 2.75) is 0 Å². The molecule has 6 heteroatoms. The van der Waals surface area contributed by atoms with Gasteiger partial charge in [0, 0.05) is 11.5 Å². The van der Waals surface area contributed by atoms with Crippen LogP contribution < -0.4 is 9.47 Å². The van der Waals surface area contributed by atoms with Gasteiger partial charge in [0.1, 0.15) is 5.75 Å². The molecule has 0 amide bonds. The number of hydrogen-bond donors (Lipinski definition) is 0. The summed E-state index contributed by atoms with van der Waals surface area (Å²) in [5, 5.41) is 0.376. The number of fused-ring (bicyclic) bond motifs is 1. The van der Waals surface area contributed by atoms with Crippen LogP contribution in [-0.2, 0) is 0 Å². The predicted molar refractivity (Wildman–Crippen MR) is 81.8 cm³/mol. The lowest BCUT2D eigenvalue weighted by molar-refractivity contribution is 0.0728. The van der Waals surface area contributed by atoms with Crippen LogP contribution in [0.15, 0.2) is 48.5 Å². The molecule has 0 radical (unpaired) electrons. The second-order valence-corrected chi connectivity index (χ2v) is 4.98. The van der Waals surface area contributed by atoms with E-state index in [1.807, 2.05) is 0 Å². The van der Waals surface area contributed by atoms with Gasteiger partial charge < -0.3 is 9.47 Å². The molecule has 0 saturated carbocycles. The molecule has 0 aliphatic carbocycles. The molecule has 0 atom stereocenters. The molecule has 0 spiro atoms. The van der Waals surface area contributed by atoms with E-state index in [1.54, 1.807) is 0 Å². The van der Waals surface area contributed by atoms with Gasteiger partial charge in [0.25, 0.3) is 0 Å². The van der Waals surface area contributed by atoms with Crippen LogP contribution in [0.3, 0.4) is 0 Å². The van der Waals surface area contributed by atoms with Gasteiger partial charge in [-0.2, -0.15) is 0 Å². The van der Waals surface area contributed by atoms with E-state index in [1.165, 1.54) is 43.5 Å². The first kappa shape index (κ1) is 15.9. The Morgan fingerprint density at radius 2 is 1.71 bits per heavy atom. The van der Waals surface area contributed by atoms with Crippen LogP contribution in [0.2, 0.25) is 0 Å². The standard InChI is InChI=1S/C18H11F3O3/c1-23-12-4-7-16(15(20)9-12)24-18(22)11-2-5-13-10(8-11)3-6-14(19)17(13)21/h2-9H,1H3. The molecule has 0 aliphatic rings. The number of halogens is 3. The molecule has 122 valence electrons. The van der Waals surface area contributed by atoms with E-state index in [9.17, 15) is 18.0 Å². The van der Waals surface area contributed by atoms with Crippen LogP contribution in [0, 0.1) is 17.5 Å². The molecule has 0 unspecified atom stereocenters. The highest BCUT2D eigenvalue weighted by Crippen LogP contribution is 2.25. The Labute approximate surface area is 135 Å². The molecule has 0 heterocycles. The minimum atomic E-state index is -0.992. The quantitative estimate of drug-likeness (QED) is 0.524. The predicted octanol–water partition coefficient (Wildman–Crippen LogP) is 4.48. The maximum absolute atomic E-state index is 13.8. The topological polar surface area (TPSA) is 35.5 Å². The molecule has 0 fully saturated rings. The second-order valence-electron chi connectivity index (χ2n) is 4.98. The van der Waals surface area contributed by atoms with Crippen molar-refractivity contribution >= 4 is 16.7 Å². The van der Waals surface area contributed by atoms with Crippen molar-refractivity contribution in [3.8, 4) is 11.5 Å². The fourth-order valence-corrected chi connectivity index (χ4v) is 2.24. The van der Waals surface area contributed by atoms with Gasteiger partial charge >= 0.3 is 5.97 Å². The first-order chi connectivity index (χ1) is 11.5. The summed E-state index contributed by atoms with van der Waals surface area (Å²) in [5.74, 6) is -3.50. The lowest BCUT2D eigenvalue weighted by Gasteiger charge is -2.08. The average molecular weight is 332 g/mol. The zero-order chi connectivity index (χ0) is 17.3. The van der Waals surface area contributed by atoms with Crippen molar-refractivity contribution in [1.29, 1.82) is 0 Å². The third-order valence-corrected chi connectivity index (χ3v) is 3.48. The van der Waals surface area contributed by atoms with Gasteiger partial charge in [-0.1, -0.05) is 12.1 Å². The summed E-state index contributed by atoms with van der Waals surface area (Å²) in [5.41, 5.74) is 0.0868. The maximum Gasteiger partial charge on any atom is 0.343 e. The largest absolute Gasteiger partial charge is 0.497 e. The third-order valence-electron chi connectivity index (χ3n) is 3.48. The summed E-state index contributed by atoms with van der Waals surface area (Å²) in [6.07, 6.45) is 0. The lowest BCUT2D eigenvalue weighted by Crippen LogP contribution is -2.09. The van der Waals surface area contributed by atoms with E-state index >= 15 is 0 Å². The summed E-state index contributed by atoms with van der Waals surface area (Å²) in [4.78, 5) is 12.1. The first-order valence-corrected chi connectivity index (χ1v) is 6.93. The van der Waals surface area contributed by atoms with E-state index < -0.39 is 23.4 Å². The average Bonchev–Trinajstić information content (AvgIpc) is 2.59. The summed E-state index contributed by atoms with van der Waals surface area (Å²) in [6, 6.07) is 10.0. The van der Waals surface area contributed by atoms with Gasteiger partial charge in [0.15, 0.2) is 23.2 Å². The summed E-state index contributed by atoms with van der Waals surface area (Å²) in [6.45, 7) is 0. The maximum atomic E-state index is 13.8. The number of methoxy groups -OCH3 is 1. The van der Waals surface area contributed by atoms with Gasteiger partial charge in [-0.25, -0.2) is 18.0 Å². The van der Waals surface area contributed by atoms with E-state index in [0.717, 1.165) is 12.1 Å². The number of esters is 1. The fourth-order valence-electron chi connectivity index (χ4n) is 2.24. The highest BCUT2D eigenvalue weighted by atomic mass is 19.2. The Morgan fingerprint density at radius 3 is 2.42 bits per heavy atom. The van der Waals surface area contributed by atoms with Crippen molar-refractivity contribution < 1.29 is 27.4 Å². The molecule has 0 saturated heterocycles. The van der Waals surface area contributed by atoms with Crippen LogP contribution in [0.25, 0.3) is 10.8 Å². The SMILES string of the molecule is COc1ccc(OC(=O)c2ccc3c(F)c(F)ccc3c2)c(F)c1. The number of carbonyl (C=O) groups is 1. The monoisotopic (exact) mass is 332 g/mol. The van der Waals surface area contributed by atoms with Crippen molar-refractivity contribution in [2.24, 2.45) is 0 Å². The number of hydrogen-bond acceptors (Lipinski definition) is 3. The molecular weight excluding hydrogens is 321 g/mol. The van der Waals surface area contributed by atoms with Gasteiger partial charge in [0.05, 0.1) is 12.7 Å². The Balaban J connectivity index is 1.90. The van der Waals surface area contributed by atoms with Crippen LogP contribution in [0.5, 0.6) is 11.5 Å². The zero-order valence-electron chi connectivity index (χ0n) is 12.5. The minimum absolute atomic E-state index is 0.0437. The van der Waals surface area contributed by atoms with E-state index in [-0.39, 0.29) is 22.4 Å². The van der Waals surface area contributed by atoms with Gasteiger partial charge in [-0.3, -0.25) is 0 Å². The fraction of sp³-hybridized carbons (Fsp3) is 0.0556. The molecule has 3 aromatic carbocycles. The molecule has 24 heavy (non-hydrogen) atoms. The molecule has 3 aromatic rings. The lowest BCUT2D eigenvalue weighted by atomic mass is 10.1. The smallest absolute Gasteiger partial charge is 0.343 e. The van der Waals surface area contributed by atoms with Crippen LogP contribution in [0.4, 0.5) is 13.2 Å². The van der Waals surface area contributed by atoms with Crippen LogP contribution in [0.1, 0.15) is 10.4 Å². The van der Waals surface area contributed by atoms with E-state index in [2.05, 4.69) is 0 Å². The number of benzene rings is 3. The summed E-state index contributed by atoms with van der Waals surface area (Å²) < 4.78 is 50.5. The van der Waals surface area contributed by atoms with Gasteiger partial charge in [-0.05, 0) is 35.7 Å². The molecule has 0 N–H and O–H groups in total. The molecule has 3 nitrogen and oxygen atoms in total. The normalized spacial score (nSPS) is 10.7. The highest BCUT2D eigenvalue weighted by Gasteiger charge is 2.15. The molecular formula is C18H11F3O3. The van der Waals surface area contributed by atoms with Crippen molar-refractivity contribution in [2.75, 3.05) is 7.11 Å². The van der Waals surface area contributed by atoms with Gasteiger partial charge in [0.2, 0.25) is 0 Å². The number of rotatable bonds is 3. The molecule has 0 bridgehead atoms. The molecule has 0 aliphatic heterocycles. The number of ether oxygens (including phenoxy) is 2. The Hall–Kier alpha value is -3.02. The Bertz CT molecular complexity index is 938. The minimum Gasteiger partial charge on any atom is -0.497 e. The zero-order valence-corrected chi connectivity index (χ0v) is 12.5. The van der Waals surface area contributed by atoms with E-state index in [4.69, 9.17) is 9.47 Å². The highest BCUT2D eigenvalue weighted by molar-refractivity contribution is 5.96. The van der Waals surface area contributed by atoms with Gasteiger partial charge in [-0.15, -0.1) is 0 Å². The summed E-state index contributed by atoms with van der Waals surface area (Å²) in [7, 11) is 1.39. The third kappa shape index (κ3) is 2.90. The van der Waals surface area contributed by atoms with Crippen molar-refractivity contribution in [1.82, 2.24) is 0 Å². The summed E-state index contributed by atoms with van der Waals surface area (Å²) >= 11 is 0. The first-order valence-electron chi connectivity index (χ1n) is 6.93. The van der Waals surface area contributed by atoms with Crippen molar-refractivity contribution in [3.63, 3.8) is 0 Å². The van der Waals surface area contributed by atoms with E-state index in [0.29, 0.717) is 5.39 Å².